The van der Waals surface area contributed by atoms with Crippen molar-refractivity contribution in [3.05, 3.63) is 28.8 Å². The number of ether oxygens (including phenoxy) is 1. The van der Waals surface area contributed by atoms with Crippen LogP contribution in [-0.4, -0.2) is 30.5 Å². The number of aliphatic hydroxyl groups is 1. The lowest BCUT2D eigenvalue weighted by Gasteiger charge is -2.19. The van der Waals surface area contributed by atoms with Crippen LogP contribution in [0.2, 0.25) is 5.02 Å². The molecule has 2 unspecified atom stereocenters. The summed E-state index contributed by atoms with van der Waals surface area (Å²) < 4.78 is 5.60. The summed E-state index contributed by atoms with van der Waals surface area (Å²) in [6, 6.07) is 7.03. The van der Waals surface area contributed by atoms with Crippen molar-refractivity contribution >= 4 is 17.3 Å². The Bertz CT molecular complexity index is 486. The zero-order chi connectivity index (χ0) is 15.8. The van der Waals surface area contributed by atoms with Gasteiger partial charge in [-0.05, 0) is 37.5 Å². The molecule has 0 amide bonds. The highest BCUT2D eigenvalue weighted by Gasteiger charge is 2.10. The van der Waals surface area contributed by atoms with Crippen molar-refractivity contribution in [2.75, 3.05) is 18.5 Å². The van der Waals surface area contributed by atoms with Crippen molar-refractivity contribution in [3.8, 4) is 6.07 Å². The molecule has 2 atom stereocenters. The first-order valence-corrected chi connectivity index (χ1v) is 7.53. The van der Waals surface area contributed by atoms with Gasteiger partial charge in [0.15, 0.2) is 0 Å². The summed E-state index contributed by atoms with van der Waals surface area (Å²) >= 11 is 6.04. The molecule has 0 aliphatic rings. The van der Waals surface area contributed by atoms with Crippen LogP contribution in [0.5, 0.6) is 0 Å². The third kappa shape index (κ3) is 6.81. The predicted molar refractivity (Wildman–Crippen MR) is 85.5 cm³/mol. The van der Waals surface area contributed by atoms with Crippen LogP contribution in [0.15, 0.2) is 18.2 Å². The molecule has 0 fully saturated rings. The van der Waals surface area contributed by atoms with Gasteiger partial charge in [-0.3, -0.25) is 0 Å². The van der Waals surface area contributed by atoms with Crippen LogP contribution in [0.3, 0.4) is 0 Å². The van der Waals surface area contributed by atoms with Crippen LogP contribution in [0.1, 0.15) is 32.8 Å². The van der Waals surface area contributed by atoms with E-state index < -0.39 is 6.10 Å². The molecule has 4 nitrogen and oxygen atoms in total. The summed E-state index contributed by atoms with van der Waals surface area (Å²) in [7, 11) is 0. The maximum Gasteiger partial charge on any atom is 0.0992 e. The van der Waals surface area contributed by atoms with E-state index in [9.17, 15) is 5.11 Å². The van der Waals surface area contributed by atoms with Gasteiger partial charge in [0.2, 0.25) is 0 Å². The minimum atomic E-state index is -0.624. The molecule has 0 radical (unpaired) electrons. The van der Waals surface area contributed by atoms with Crippen molar-refractivity contribution in [1.82, 2.24) is 0 Å². The number of hydrogen-bond donors (Lipinski definition) is 2. The monoisotopic (exact) mass is 310 g/mol. The Morgan fingerprint density at radius 3 is 2.71 bits per heavy atom. The second-order valence-electron chi connectivity index (χ2n) is 5.61. The third-order valence-corrected chi connectivity index (χ3v) is 3.33. The minimum absolute atomic E-state index is 0.130. The van der Waals surface area contributed by atoms with E-state index in [0.29, 0.717) is 28.7 Å². The van der Waals surface area contributed by atoms with E-state index in [1.807, 2.05) is 6.92 Å². The summed E-state index contributed by atoms with van der Waals surface area (Å²) in [5.41, 5.74) is 1.17. The van der Waals surface area contributed by atoms with Crippen molar-refractivity contribution in [1.29, 1.82) is 5.26 Å². The maximum absolute atomic E-state index is 9.92. The van der Waals surface area contributed by atoms with Gasteiger partial charge in [0.25, 0.3) is 0 Å². The number of anilines is 1. The van der Waals surface area contributed by atoms with E-state index in [1.165, 1.54) is 0 Å². The zero-order valence-corrected chi connectivity index (χ0v) is 13.5. The van der Waals surface area contributed by atoms with Gasteiger partial charge in [0, 0.05) is 6.54 Å². The first-order chi connectivity index (χ1) is 9.92. The van der Waals surface area contributed by atoms with Gasteiger partial charge in [-0.15, -0.1) is 0 Å². The topological polar surface area (TPSA) is 65.3 Å². The standard InChI is InChI=1S/C16H23ClN2O2/c1-11(2)6-12(3)21-10-14(20)9-19-16-7-13(8-18)4-5-15(16)17/h4-5,7,11-12,14,19-20H,6,9-10H2,1-3H3. The maximum atomic E-state index is 9.92. The Labute approximate surface area is 131 Å². The lowest BCUT2D eigenvalue weighted by atomic mass is 10.1. The highest BCUT2D eigenvalue weighted by atomic mass is 35.5. The SMILES string of the molecule is CC(C)CC(C)OCC(O)CNc1cc(C#N)ccc1Cl. The van der Waals surface area contributed by atoms with E-state index in [1.54, 1.807) is 18.2 Å². The number of rotatable bonds is 8. The Hall–Kier alpha value is -1.28. The lowest BCUT2D eigenvalue weighted by molar-refractivity contribution is -0.00443. The molecule has 0 spiro atoms. The predicted octanol–water partition coefficient (Wildman–Crippen LogP) is 3.44. The number of benzene rings is 1. The lowest BCUT2D eigenvalue weighted by Crippen LogP contribution is -2.27. The van der Waals surface area contributed by atoms with Crippen molar-refractivity contribution in [3.63, 3.8) is 0 Å². The number of nitrogens with zero attached hydrogens (tertiary/aromatic N) is 1. The van der Waals surface area contributed by atoms with Crippen molar-refractivity contribution in [2.45, 2.75) is 39.4 Å². The average Bonchev–Trinajstić information content (AvgIpc) is 2.43. The molecule has 116 valence electrons. The summed E-state index contributed by atoms with van der Waals surface area (Å²) in [5, 5.41) is 22.3. The van der Waals surface area contributed by atoms with Crippen LogP contribution in [0, 0.1) is 17.2 Å². The van der Waals surface area contributed by atoms with Crippen LogP contribution >= 0.6 is 11.6 Å². The highest BCUT2D eigenvalue weighted by Crippen LogP contribution is 2.22. The average molecular weight is 311 g/mol. The van der Waals surface area contributed by atoms with Gasteiger partial charge >= 0.3 is 0 Å². The Kier molecular flexibility index (Phi) is 7.52. The van der Waals surface area contributed by atoms with Gasteiger partial charge in [-0.1, -0.05) is 25.4 Å². The van der Waals surface area contributed by atoms with Gasteiger partial charge < -0.3 is 15.2 Å². The molecule has 0 aliphatic heterocycles. The number of aliphatic hydroxyl groups excluding tert-OH is 1. The Morgan fingerprint density at radius 2 is 2.10 bits per heavy atom. The van der Waals surface area contributed by atoms with E-state index >= 15 is 0 Å². The number of nitrogens with one attached hydrogen (secondary N) is 1. The molecule has 0 heterocycles. The fourth-order valence-corrected chi connectivity index (χ4v) is 2.21. The molecular weight excluding hydrogens is 288 g/mol. The molecule has 1 aromatic rings. The summed E-state index contributed by atoms with van der Waals surface area (Å²) in [4.78, 5) is 0. The summed E-state index contributed by atoms with van der Waals surface area (Å²) in [6.45, 7) is 6.89. The molecule has 0 bridgehead atoms. The first kappa shape index (κ1) is 17.8. The fourth-order valence-electron chi connectivity index (χ4n) is 2.02. The smallest absolute Gasteiger partial charge is 0.0992 e. The van der Waals surface area contributed by atoms with E-state index in [-0.39, 0.29) is 12.7 Å². The second-order valence-corrected chi connectivity index (χ2v) is 6.02. The van der Waals surface area contributed by atoms with E-state index in [2.05, 4.69) is 25.2 Å². The molecule has 2 N–H and O–H groups in total. The van der Waals surface area contributed by atoms with Gasteiger partial charge in [-0.2, -0.15) is 5.26 Å². The molecule has 0 saturated heterocycles. The largest absolute Gasteiger partial charge is 0.389 e. The minimum Gasteiger partial charge on any atom is -0.389 e. The van der Waals surface area contributed by atoms with Crippen LogP contribution < -0.4 is 5.32 Å². The molecule has 1 rings (SSSR count). The van der Waals surface area contributed by atoms with Crippen LogP contribution in [-0.2, 0) is 4.74 Å². The first-order valence-electron chi connectivity index (χ1n) is 7.15. The Morgan fingerprint density at radius 1 is 1.38 bits per heavy atom. The zero-order valence-electron chi connectivity index (χ0n) is 12.8. The highest BCUT2D eigenvalue weighted by molar-refractivity contribution is 6.33. The fraction of sp³-hybridized carbons (Fsp3) is 0.562. The number of hydrogen-bond acceptors (Lipinski definition) is 4. The van der Waals surface area contributed by atoms with Crippen LogP contribution in [0.4, 0.5) is 5.69 Å². The summed E-state index contributed by atoms with van der Waals surface area (Å²) in [5.74, 6) is 0.572. The van der Waals surface area contributed by atoms with Gasteiger partial charge in [-0.25, -0.2) is 0 Å². The van der Waals surface area contributed by atoms with Crippen LogP contribution in [0.25, 0.3) is 0 Å². The second kappa shape index (κ2) is 8.89. The molecular formula is C16H23ClN2O2. The van der Waals surface area contributed by atoms with Gasteiger partial charge in [0.05, 0.1) is 41.2 Å². The van der Waals surface area contributed by atoms with E-state index in [0.717, 1.165) is 6.42 Å². The molecule has 0 aliphatic carbocycles. The molecule has 5 heteroatoms. The number of nitriles is 1. The quantitative estimate of drug-likeness (QED) is 0.772. The molecule has 0 saturated carbocycles. The third-order valence-electron chi connectivity index (χ3n) is 3.00. The molecule has 21 heavy (non-hydrogen) atoms. The van der Waals surface area contributed by atoms with Gasteiger partial charge in [0.1, 0.15) is 0 Å². The molecule has 0 aromatic heterocycles. The van der Waals surface area contributed by atoms with Crippen molar-refractivity contribution < 1.29 is 9.84 Å². The molecule has 1 aromatic carbocycles. The van der Waals surface area contributed by atoms with E-state index in [4.69, 9.17) is 21.6 Å². The normalized spacial score (nSPS) is 13.8. The summed E-state index contributed by atoms with van der Waals surface area (Å²) in [6.07, 6.45) is 0.475. The van der Waals surface area contributed by atoms with Crippen molar-refractivity contribution in [2.24, 2.45) is 5.92 Å². The number of halogens is 1. The Balaban J connectivity index is 2.39.